The topological polar surface area (TPSA) is 64.6 Å². The average molecular weight is 418 g/mol. The zero-order valence-electron chi connectivity index (χ0n) is 15.7. The Balaban J connectivity index is 1.84. The molecule has 3 rings (SSSR count). The van der Waals surface area contributed by atoms with Crippen LogP contribution in [0.25, 0.3) is 10.1 Å². The number of benzene rings is 2. The molecule has 1 aromatic heterocycles. The molecule has 1 unspecified atom stereocenters. The summed E-state index contributed by atoms with van der Waals surface area (Å²) in [7, 11) is 0. The van der Waals surface area contributed by atoms with E-state index in [9.17, 15) is 9.59 Å². The van der Waals surface area contributed by atoms with E-state index >= 15 is 0 Å². The number of hydrogen-bond acceptors (Lipinski definition) is 5. The van der Waals surface area contributed by atoms with Gasteiger partial charge in [0.15, 0.2) is 6.10 Å². The van der Waals surface area contributed by atoms with E-state index < -0.39 is 12.1 Å². The number of nitrogens with one attached hydrogen (secondary N) is 1. The number of carbonyl (C=O) groups is 2. The molecule has 0 spiro atoms. The zero-order valence-corrected chi connectivity index (χ0v) is 17.3. The van der Waals surface area contributed by atoms with E-state index in [0.717, 1.165) is 15.6 Å². The van der Waals surface area contributed by atoms with Crippen LogP contribution in [0.2, 0.25) is 5.02 Å². The molecule has 3 aromatic rings. The van der Waals surface area contributed by atoms with Crippen molar-refractivity contribution in [2.24, 2.45) is 0 Å². The second-order valence-corrected chi connectivity index (χ2v) is 7.67. The predicted molar refractivity (Wildman–Crippen MR) is 113 cm³/mol. The van der Waals surface area contributed by atoms with Crippen molar-refractivity contribution < 1.29 is 19.1 Å². The molecule has 146 valence electrons. The Kier molecular flexibility index (Phi) is 6.21. The molecule has 0 aliphatic rings. The Morgan fingerprint density at radius 2 is 1.96 bits per heavy atom. The van der Waals surface area contributed by atoms with Gasteiger partial charge in [-0.25, -0.2) is 4.79 Å². The minimum atomic E-state index is -0.764. The van der Waals surface area contributed by atoms with E-state index in [1.165, 1.54) is 11.3 Å². The van der Waals surface area contributed by atoms with Gasteiger partial charge in [0, 0.05) is 15.1 Å². The first-order valence-corrected chi connectivity index (χ1v) is 10.0. The smallest absolute Gasteiger partial charge is 0.341 e. The van der Waals surface area contributed by atoms with Gasteiger partial charge in [-0.2, -0.15) is 0 Å². The fraction of sp³-hybridized carbons (Fsp3) is 0.238. The third-order valence-electron chi connectivity index (χ3n) is 4.12. The summed E-state index contributed by atoms with van der Waals surface area (Å²) in [6.07, 6.45) is -0.764. The van der Waals surface area contributed by atoms with Crippen molar-refractivity contribution in [2.45, 2.75) is 26.9 Å². The molecule has 1 atom stereocenters. The number of fused-ring (bicyclic) bond motifs is 1. The van der Waals surface area contributed by atoms with Gasteiger partial charge in [0.25, 0.3) is 5.91 Å². The van der Waals surface area contributed by atoms with Crippen LogP contribution in [0.5, 0.6) is 5.75 Å². The van der Waals surface area contributed by atoms with Crippen LogP contribution in [0.1, 0.15) is 29.8 Å². The molecule has 0 saturated heterocycles. The number of ether oxygens (including phenoxy) is 2. The summed E-state index contributed by atoms with van der Waals surface area (Å²) >= 11 is 7.29. The molecule has 5 nitrogen and oxygen atoms in total. The number of hydrogen-bond donors (Lipinski definition) is 1. The van der Waals surface area contributed by atoms with Gasteiger partial charge in [-0.15, -0.1) is 11.3 Å². The molecular formula is C21H20ClNO4S. The van der Waals surface area contributed by atoms with Crippen LogP contribution in [0.15, 0.2) is 42.5 Å². The standard InChI is InChI=1S/C21H20ClNO4S/c1-4-26-21(25)18-15-7-5-6-8-17(15)28-20(18)23-19(24)13(3)27-16-10-9-14(22)11-12(16)2/h5-11,13H,4H2,1-3H3,(H,23,24). The normalized spacial score (nSPS) is 11.9. The first-order valence-electron chi connectivity index (χ1n) is 8.83. The maximum absolute atomic E-state index is 12.7. The first kappa shape index (κ1) is 20.2. The lowest BCUT2D eigenvalue weighted by molar-refractivity contribution is -0.122. The first-order chi connectivity index (χ1) is 13.4. The predicted octanol–water partition coefficient (Wildman–Crippen LogP) is 5.45. The Hall–Kier alpha value is -2.57. The van der Waals surface area contributed by atoms with Gasteiger partial charge < -0.3 is 14.8 Å². The number of anilines is 1. The number of rotatable bonds is 6. The number of esters is 1. The van der Waals surface area contributed by atoms with Crippen molar-refractivity contribution in [2.75, 3.05) is 11.9 Å². The second kappa shape index (κ2) is 8.63. The van der Waals surface area contributed by atoms with Crippen molar-refractivity contribution in [3.63, 3.8) is 0 Å². The molecule has 2 aromatic carbocycles. The number of carbonyl (C=O) groups excluding carboxylic acids is 2. The molecule has 0 aliphatic heterocycles. The van der Waals surface area contributed by atoms with Crippen molar-refractivity contribution in [1.82, 2.24) is 0 Å². The average Bonchev–Trinajstić information content (AvgIpc) is 3.02. The maximum atomic E-state index is 12.7. The highest BCUT2D eigenvalue weighted by molar-refractivity contribution is 7.23. The lowest BCUT2D eigenvalue weighted by Gasteiger charge is -2.16. The van der Waals surface area contributed by atoms with Gasteiger partial charge in [-0.05, 0) is 50.6 Å². The monoisotopic (exact) mass is 417 g/mol. The van der Waals surface area contributed by atoms with Crippen LogP contribution in [0.3, 0.4) is 0 Å². The Morgan fingerprint density at radius 3 is 2.68 bits per heavy atom. The van der Waals surface area contributed by atoms with Crippen LogP contribution >= 0.6 is 22.9 Å². The molecule has 7 heteroatoms. The van der Waals surface area contributed by atoms with Crippen LogP contribution < -0.4 is 10.1 Å². The fourth-order valence-corrected chi connectivity index (χ4v) is 4.06. The van der Waals surface area contributed by atoms with E-state index in [2.05, 4.69) is 5.32 Å². The van der Waals surface area contributed by atoms with E-state index in [-0.39, 0.29) is 12.5 Å². The van der Waals surface area contributed by atoms with Gasteiger partial charge in [0.2, 0.25) is 0 Å². The third-order valence-corrected chi connectivity index (χ3v) is 5.44. The molecular weight excluding hydrogens is 398 g/mol. The van der Waals surface area contributed by atoms with Crippen molar-refractivity contribution in [1.29, 1.82) is 0 Å². The summed E-state index contributed by atoms with van der Waals surface area (Å²) in [5.74, 6) is -0.238. The summed E-state index contributed by atoms with van der Waals surface area (Å²) in [6, 6.07) is 12.7. The number of thiophene rings is 1. The fourth-order valence-electron chi connectivity index (χ4n) is 2.74. The van der Waals surface area contributed by atoms with Gasteiger partial charge in [0.1, 0.15) is 16.3 Å². The Labute approximate surface area is 172 Å². The summed E-state index contributed by atoms with van der Waals surface area (Å²) < 4.78 is 11.8. The molecule has 0 bridgehead atoms. The molecule has 1 heterocycles. The second-order valence-electron chi connectivity index (χ2n) is 6.18. The highest BCUT2D eigenvalue weighted by Crippen LogP contribution is 2.36. The maximum Gasteiger partial charge on any atom is 0.341 e. The highest BCUT2D eigenvalue weighted by atomic mass is 35.5. The van der Waals surface area contributed by atoms with Gasteiger partial charge in [-0.3, -0.25) is 4.79 Å². The third kappa shape index (κ3) is 4.29. The van der Waals surface area contributed by atoms with E-state index in [1.54, 1.807) is 32.0 Å². The van der Waals surface area contributed by atoms with Crippen molar-refractivity contribution in [3.05, 3.63) is 58.6 Å². The Morgan fingerprint density at radius 1 is 1.21 bits per heavy atom. The minimum Gasteiger partial charge on any atom is -0.481 e. The van der Waals surface area contributed by atoms with Gasteiger partial charge >= 0.3 is 5.97 Å². The van der Waals surface area contributed by atoms with Crippen molar-refractivity contribution >= 4 is 49.9 Å². The number of amides is 1. The summed E-state index contributed by atoms with van der Waals surface area (Å²) in [5, 5.41) is 4.63. The van der Waals surface area contributed by atoms with E-state index in [4.69, 9.17) is 21.1 Å². The highest BCUT2D eigenvalue weighted by Gasteiger charge is 2.24. The minimum absolute atomic E-state index is 0.256. The summed E-state index contributed by atoms with van der Waals surface area (Å²) in [6.45, 7) is 5.51. The molecule has 0 fully saturated rings. The van der Waals surface area contributed by atoms with E-state index in [1.807, 2.05) is 31.2 Å². The van der Waals surface area contributed by atoms with Crippen LogP contribution in [0.4, 0.5) is 5.00 Å². The number of aryl methyl sites for hydroxylation is 1. The molecule has 0 radical (unpaired) electrons. The van der Waals surface area contributed by atoms with Gasteiger partial charge in [-0.1, -0.05) is 29.8 Å². The van der Waals surface area contributed by atoms with Crippen LogP contribution in [-0.2, 0) is 9.53 Å². The SMILES string of the molecule is CCOC(=O)c1c(NC(=O)C(C)Oc2ccc(Cl)cc2C)sc2ccccc12. The molecule has 1 amide bonds. The summed E-state index contributed by atoms with van der Waals surface area (Å²) in [4.78, 5) is 25.1. The van der Waals surface area contributed by atoms with Crippen LogP contribution in [-0.4, -0.2) is 24.6 Å². The lowest BCUT2D eigenvalue weighted by Crippen LogP contribution is -2.30. The summed E-state index contributed by atoms with van der Waals surface area (Å²) in [5.41, 5.74) is 1.20. The molecule has 1 N–H and O–H groups in total. The molecule has 28 heavy (non-hydrogen) atoms. The quantitative estimate of drug-likeness (QED) is 0.542. The van der Waals surface area contributed by atoms with Crippen LogP contribution in [0, 0.1) is 6.92 Å². The van der Waals surface area contributed by atoms with Crippen molar-refractivity contribution in [3.8, 4) is 5.75 Å². The lowest BCUT2D eigenvalue weighted by atomic mass is 10.1. The van der Waals surface area contributed by atoms with E-state index in [0.29, 0.717) is 21.3 Å². The molecule has 0 saturated carbocycles. The van der Waals surface area contributed by atoms with Gasteiger partial charge in [0.05, 0.1) is 6.61 Å². The molecule has 0 aliphatic carbocycles. The Bertz CT molecular complexity index is 1030. The number of halogens is 1. The zero-order chi connectivity index (χ0) is 20.3. The largest absolute Gasteiger partial charge is 0.481 e.